The molecule has 3 aromatic rings. The molecular weight excluding hydrogens is 468 g/mol. The predicted octanol–water partition coefficient (Wildman–Crippen LogP) is 4.72. The van der Waals surface area contributed by atoms with Gasteiger partial charge in [-0.05, 0) is 60.9 Å². The fourth-order valence-corrected chi connectivity index (χ4v) is 6.05. The molecule has 7 nitrogen and oxygen atoms in total. The molecule has 0 unspecified atom stereocenters. The summed E-state index contributed by atoms with van der Waals surface area (Å²) in [6.45, 7) is 2.38. The summed E-state index contributed by atoms with van der Waals surface area (Å²) in [6.07, 6.45) is 2.54. The molecule has 1 aliphatic carbocycles. The van der Waals surface area contributed by atoms with Gasteiger partial charge in [0.2, 0.25) is 17.7 Å². The molecule has 0 bridgehead atoms. The third-order valence-corrected chi connectivity index (χ3v) is 8.02. The summed E-state index contributed by atoms with van der Waals surface area (Å²) in [5.41, 5.74) is 1.28. The second-order valence-corrected chi connectivity index (χ2v) is 10.5. The van der Waals surface area contributed by atoms with Crippen LogP contribution in [0.3, 0.4) is 0 Å². The smallest absolute Gasteiger partial charge is 0.316 e. The molecular formula is C30H28N2O5. The zero-order chi connectivity index (χ0) is 25.7. The lowest BCUT2D eigenvalue weighted by atomic mass is 9.76. The molecule has 3 fully saturated rings. The fraction of sp³-hybridized carbons (Fsp3) is 0.333. The maximum absolute atomic E-state index is 13.0. The number of rotatable bonds is 4. The number of anilines is 2. The predicted molar refractivity (Wildman–Crippen MR) is 139 cm³/mol. The molecule has 2 heterocycles. The summed E-state index contributed by atoms with van der Waals surface area (Å²) in [7, 11) is 0. The van der Waals surface area contributed by atoms with E-state index in [-0.39, 0.29) is 42.5 Å². The maximum atomic E-state index is 13.0. The zero-order valence-corrected chi connectivity index (χ0v) is 20.6. The average molecular weight is 497 g/mol. The standard InChI is InChI=1S/C30H28N2O5/c1-18-9-14-24-25(15-18)29(35)32(28(24)34)21-10-12-22(13-11-21)37-30(36)20-16-27(33)31(17-20)26-8-4-6-19-5-2-3-7-23(19)26/h2-8,10-13,18,20,24-25H,9,14-17H2,1H3/t18-,20-,24+,25+/m1/s1. The van der Waals surface area contributed by atoms with Gasteiger partial charge in [0, 0.05) is 18.4 Å². The maximum Gasteiger partial charge on any atom is 0.316 e. The van der Waals surface area contributed by atoms with Crippen LogP contribution in [0.2, 0.25) is 0 Å². The minimum atomic E-state index is -0.585. The SMILES string of the molecule is C[C@@H]1CC[C@@H]2C(=O)N(c3ccc(OC(=O)[C@@H]4CC(=O)N(c5cccc6ccccc56)C4)cc3)C(=O)[C@H]2C1. The number of fused-ring (bicyclic) bond motifs is 2. The highest BCUT2D eigenvalue weighted by molar-refractivity contribution is 6.22. The van der Waals surface area contributed by atoms with Crippen LogP contribution in [0.1, 0.15) is 32.6 Å². The Morgan fingerprint density at radius 3 is 2.41 bits per heavy atom. The van der Waals surface area contributed by atoms with Crippen LogP contribution in [-0.4, -0.2) is 30.2 Å². The van der Waals surface area contributed by atoms with Crippen molar-refractivity contribution in [3.63, 3.8) is 0 Å². The number of ether oxygens (including phenoxy) is 1. The van der Waals surface area contributed by atoms with E-state index < -0.39 is 11.9 Å². The van der Waals surface area contributed by atoms with E-state index in [4.69, 9.17) is 4.74 Å². The molecule has 0 radical (unpaired) electrons. The molecule has 3 amide bonds. The first-order valence-electron chi connectivity index (χ1n) is 12.9. The topological polar surface area (TPSA) is 84.0 Å². The molecule has 0 spiro atoms. The summed E-state index contributed by atoms with van der Waals surface area (Å²) in [4.78, 5) is 54.6. The number of esters is 1. The first-order valence-corrected chi connectivity index (χ1v) is 12.9. The molecule has 37 heavy (non-hydrogen) atoms. The van der Waals surface area contributed by atoms with E-state index >= 15 is 0 Å². The molecule has 6 rings (SSSR count). The van der Waals surface area contributed by atoms with Gasteiger partial charge in [0.05, 0.1) is 29.1 Å². The third kappa shape index (κ3) is 4.08. The van der Waals surface area contributed by atoms with Gasteiger partial charge in [0.25, 0.3) is 0 Å². The van der Waals surface area contributed by atoms with Crippen molar-refractivity contribution in [1.29, 1.82) is 0 Å². The van der Waals surface area contributed by atoms with Crippen molar-refractivity contribution in [2.45, 2.75) is 32.6 Å². The number of nitrogens with zero attached hydrogens (tertiary/aromatic N) is 2. The number of carbonyl (C=O) groups excluding carboxylic acids is 4. The quantitative estimate of drug-likeness (QED) is 0.296. The lowest BCUT2D eigenvalue weighted by Gasteiger charge is -2.25. The Hall–Kier alpha value is -4.00. The first kappa shape index (κ1) is 23.4. The monoisotopic (exact) mass is 496 g/mol. The van der Waals surface area contributed by atoms with Crippen molar-refractivity contribution in [1.82, 2.24) is 0 Å². The summed E-state index contributed by atoms with van der Waals surface area (Å²) >= 11 is 0. The van der Waals surface area contributed by atoms with E-state index in [1.807, 2.05) is 42.5 Å². The molecule has 7 heteroatoms. The number of hydrogen-bond acceptors (Lipinski definition) is 5. The van der Waals surface area contributed by atoms with E-state index in [2.05, 4.69) is 6.92 Å². The van der Waals surface area contributed by atoms with Gasteiger partial charge in [-0.25, -0.2) is 0 Å². The van der Waals surface area contributed by atoms with Crippen LogP contribution in [0.15, 0.2) is 66.7 Å². The van der Waals surface area contributed by atoms with Gasteiger partial charge in [-0.15, -0.1) is 0 Å². The number of hydrogen-bond donors (Lipinski definition) is 0. The van der Waals surface area contributed by atoms with E-state index in [1.54, 1.807) is 29.2 Å². The number of benzene rings is 3. The van der Waals surface area contributed by atoms with Gasteiger partial charge < -0.3 is 9.64 Å². The van der Waals surface area contributed by atoms with Crippen LogP contribution < -0.4 is 14.5 Å². The number of carbonyl (C=O) groups is 4. The summed E-state index contributed by atoms with van der Waals surface area (Å²) < 4.78 is 5.59. The largest absolute Gasteiger partial charge is 0.426 e. The number of amides is 3. The molecule has 1 saturated carbocycles. The Balaban J connectivity index is 1.14. The van der Waals surface area contributed by atoms with Crippen molar-refractivity contribution < 1.29 is 23.9 Å². The first-order chi connectivity index (χ1) is 17.9. The van der Waals surface area contributed by atoms with Crippen LogP contribution in [0.4, 0.5) is 11.4 Å². The van der Waals surface area contributed by atoms with Crippen LogP contribution in [-0.2, 0) is 19.2 Å². The van der Waals surface area contributed by atoms with Crippen molar-refractivity contribution in [2.24, 2.45) is 23.7 Å². The van der Waals surface area contributed by atoms with Gasteiger partial charge >= 0.3 is 5.97 Å². The summed E-state index contributed by atoms with van der Waals surface area (Å²) in [5, 5.41) is 1.99. The lowest BCUT2D eigenvalue weighted by molar-refractivity contribution is -0.139. The highest BCUT2D eigenvalue weighted by Crippen LogP contribution is 2.42. The van der Waals surface area contributed by atoms with Gasteiger partial charge in [-0.3, -0.25) is 24.1 Å². The Morgan fingerprint density at radius 1 is 0.865 bits per heavy atom. The van der Waals surface area contributed by atoms with Crippen LogP contribution in [0, 0.1) is 23.7 Å². The number of imide groups is 1. The molecule has 3 aromatic carbocycles. The van der Waals surface area contributed by atoms with Crippen LogP contribution >= 0.6 is 0 Å². The van der Waals surface area contributed by atoms with Crippen LogP contribution in [0.5, 0.6) is 5.75 Å². The van der Waals surface area contributed by atoms with E-state index in [0.717, 1.165) is 35.7 Å². The third-order valence-electron chi connectivity index (χ3n) is 8.02. The summed E-state index contributed by atoms with van der Waals surface area (Å²) in [6, 6.07) is 20.1. The molecule has 2 aliphatic heterocycles. The minimum Gasteiger partial charge on any atom is -0.426 e. The van der Waals surface area contributed by atoms with Crippen molar-refractivity contribution in [2.75, 3.05) is 16.3 Å². The van der Waals surface area contributed by atoms with E-state index in [1.165, 1.54) is 4.90 Å². The van der Waals surface area contributed by atoms with Gasteiger partial charge in [-0.1, -0.05) is 43.3 Å². The lowest BCUT2D eigenvalue weighted by Crippen LogP contribution is -2.30. The van der Waals surface area contributed by atoms with E-state index in [0.29, 0.717) is 17.4 Å². The molecule has 2 saturated heterocycles. The minimum absolute atomic E-state index is 0.0815. The second kappa shape index (κ2) is 9.14. The summed E-state index contributed by atoms with van der Waals surface area (Å²) in [5.74, 6) is -1.16. The average Bonchev–Trinajstić information content (AvgIpc) is 3.41. The highest BCUT2D eigenvalue weighted by atomic mass is 16.5. The van der Waals surface area contributed by atoms with Crippen molar-refractivity contribution >= 4 is 45.8 Å². The second-order valence-electron chi connectivity index (χ2n) is 10.5. The Labute approximate surface area is 215 Å². The fourth-order valence-electron chi connectivity index (χ4n) is 6.05. The molecule has 3 aliphatic rings. The zero-order valence-electron chi connectivity index (χ0n) is 20.6. The normalized spacial score (nSPS) is 25.6. The molecule has 0 aromatic heterocycles. The Morgan fingerprint density at radius 2 is 1.59 bits per heavy atom. The Kier molecular flexibility index (Phi) is 5.78. The van der Waals surface area contributed by atoms with Gasteiger partial charge in [0.15, 0.2) is 0 Å². The van der Waals surface area contributed by atoms with Gasteiger partial charge in [-0.2, -0.15) is 0 Å². The highest BCUT2D eigenvalue weighted by Gasteiger charge is 2.50. The van der Waals surface area contributed by atoms with Crippen molar-refractivity contribution in [3.05, 3.63) is 66.7 Å². The molecule has 188 valence electrons. The van der Waals surface area contributed by atoms with E-state index in [9.17, 15) is 19.2 Å². The van der Waals surface area contributed by atoms with Gasteiger partial charge in [0.1, 0.15) is 5.75 Å². The molecule has 0 N–H and O–H groups in total. The molecule has 4 atom stereocenters. The van der Waals surface area contributed by atoms with Crippen molar-refractivity contribution in [3.8, 4) is 5.75 Å². The Bertz CT molecular complexity index is 1410. The van der Waals surface area contributed by atoms with Crippen LogP contribution in [0.25, 0.3) is 10.8 Å².